The number of rotatable bonds is 5. The number of tetrazole rings is 1. The van der Waals surface area contributed by atoms with Gasteiger partial charge in [0, 0.05) is 17.3 Å². The molecule has 20 heavy (non-hydrogen) atoms. The molecule has 0 unspecified atom stereocenters. The zero-order valence-corrected chi connectivity index (χ0v) is 11.5. The average Bonchev–Trinajstić information content (AvgIpc) is 2.93. The molecular formula is C13H13N5OS. The van der Waals surface area contributed by atoms with E-state index in [1.54, 1.807) is 22.6 Å². The van der Waals surface area contributed by atoms with Gasteiger partial charge in [-0.2, -0.15) is 0 Å². The molecule has 0 saturated carbocycles. The third kappa shape index (κ3) is 2.78. The minimum Gasteiger partial charge on any atom is -0.394 e. The second-order valence-corrected chi connectivity index (χ2v) is 5.17. The Morgan fingerprint density at radius 1 is 1.25 bits per heavy atom. The summed E-state index contributed by atoms with van der Waals surface area (Å²) in [6.07, 6.45) is 1.79. The lowest BCUT2D eigenvalue weighted by Gasteiger charge is -2.04. The molecular weight excluding hydrogens is 274 g/mol. The molecule has 7 heteroatoms. The van der Waals surface area contributed by atoms with Crippen molar-refractivity contribution in [3.8, 4) is 0 Å². The Hall–Kier alpha value is -1.99. The number of fused-ring (bicyclic) bond motifs is 1. The zero-order chi connectivity index (χ0) is 13.8. The van der Waals surface area contributed by atoms with E-state index in [9.17, 15) is 0 Å². The van der Waals surface area contributed by atoms with Crippen molar-refractivity contribution < 1.29 is 5.11 Å². The maximum absolute atomic E-state index is 8.93. The maximum atomic E-state index is 8.93. The van der Waals surface area contributed by atoms with Gasteiger partial charge in [0.1, 0.15) is 0 Å². The van der Waals surface area contributed by atoms with Gasteiger partial charge in [-0.25, -0.2) is 4.68 Å². The fourth-order valence-corrected chi connectivity index (χ4v) is 2.74. The SMILES string of the molecule is OCCn1nnnc1SCc1ccc2ncccc2c1. The third-order valence-corrected chi connectivity index (χ3v) is 3.87. The van der Waals surface area contributed by atoms with Crippen LogP contribution in [0.5, 0.6) is 0 Å². The Balaban J connectivity index is 1.74. The van der Waals surface area contributed by atoms with Crippen molar-refractivity contribution in [1.29, 1.82) is 0 Å². The minimum absolute atomic E-state index is 0.0280. The van der Waals surface area contributed by atoms with E-state index in [1.165, 1.54) is 5.56 Å². The van der Waals surface area contributed by atoms with Crippen molar-refractivity contribution in [3.05, 3.63) is 42.1 Å². The van der Waals surface area contributed by atoms with E-state index in [0.717, 1.165) is 16.7 Å². The third-order valence-electron chi connectivity index (χ3n) is 2.85. The average molecular weight is 287 g/mol. The highest BCUT2D eigenvalue weighted by molar-refractivity contribution is 7.98. The summed E-state index contributed by atoms with van der Waals surface area (Å²) in [5.74, 6) is 0.774. The molecule has 6 nitrogen and oxygen atoms in total. The fraction of sp³-hybridized carbons (Fsp3) is 0.231. The first-order valence-electron chi connectivity index (χ1n) is 6.20. The van der Waals surface area contributed by atoms with Crippen molar-refractivity contribution in [2.45, 2.75) is 17.5 Å². The largest absolute Gasteiger partial charge is 0.394 e. The summed E-state index contributed by atoms with van der Waals surface area (Å²) in [6, 6.07) is 10.2. The molecule has 0 aliphatic rings. The molecule has 102 valence electrons. The molecule has 1 N–H and O–H groups in total. The lowest BCUT2D eigenvalue weighted by atomic mass is 10.1. The molecule has 2 heterocycles. The number of aliphatic hydroxyl groups is 1. The molecule has 0 amide bonds. The van der Waals surface area contributed by atoms with Crippen molar-refractivity contribution in [3.63, 3.8) is 0 Å². The van der Waals surface area contributed by atoms with Crippen molar-refractivity contribution >= 4 is 22.7 Å². The predicted molar refractivity (Wildman–Crippen MR) is 76.2 cm³/mol. The lowest BCUT2D eigenvalue weighted by Crippen LogP contribution is -2.05. The van der Waals surface area contributed by atoms with Crippen molar-refractivity contribution in [1.82, 2.24) is 25.2 Å². The van der Waals surface area contributed by atoms with Gasteiger partial charge in [-0.05, 0) is 34.2 Å². The van der Waals surface area contributed by atoms with Crippen LogP contribution in [0.15, 0.2) is 41.7 Å². The van der Waals surface area contributed by atoms with Gasteiger partial charge in [-0.1, -0.05) is 23.9 Å². The Morgan fingerprint density at radius 3 is 3.10 bits per heavy atom. The number of aromatic nitrogens is 5. The van der Waals surface area contributed by atoms with Gasteiger partial charge in [0.2, 0.25) is 5.16 Å². The number of aliphatic hydroxyl groups excluding tert-OH is 1. The monoisotopic (exact) mass is 287 g/mol. The molecule has 1 aromatic carbocycles. The first-order chi connectivity index (χ1) is 9.86. The zero-order valence-electron chi connectivity index (χ0n) is 10.7. The summed E-state index contributed by atoms with van der Waals surface area (Å²) in [4.78, 5) is 4.30. The van der Waals surface area contributed by atoms with E-state index in [1.807, 2.05) is 18.2 Å². The first kappa shape index (κ1) is 13.0. The Kier molecular flexibility index (Phi) is 3.89. The lowest BCUT2D eigenvalue weighted by molar-refractivity contribution is 0.262. The van der Waals surface area contributed by atoms with E-state index in [2.05, 4.69) is 32.6 Å². The van der Waals surface area contributed by atoms with Crippen LogP contribution in [0, 0.1) is 0 Å². The van der Waals surface area contributed by atoms with E-state index >= 15 is 0 Å². The highest BCUT2D eigenvalue weighted by atomic mass is 32.2. The van der Waals surface area contributed by atoms with Crippen molar-refractivity contribution in [2.24, 2.45) is 0 Å². The van der Waals surface area contributed by atoms with Crippen LogP contribution in [-0.2, 0) is 12.3 Å². The van der Waals surface area contributed by atoms with Crippen LogP contribution in [0.1, 0.15) is 5.56 Å². The maximum Gasteiger partial charge on any atom is 0.209 e. The summed E-state index contributed by atoms with van der Waals surface area (Å²) in [7, 11) is 0. The second kappa shape index (κ2) is 5.98. The summed E-state index contributed by atoms with van der Waals surface area (Å²) in [5.41, 5.74) is 2.18. The van der Waals surface area contributed by atoms with Crippen LogP contribution in [0.4, 0.5) is 0 Å². The van der Waals surface area contributed by atoms with E-state index in [4.69, 9.17) is 5.11 Å². The molecule has 0 radical (unpaired) electrons. The first-order valence-corrected chi connectivity index (χ1v) is 7.19. The van der Waals surface area contributed by atoms with Crippen LogP contribution in [0.2, 0.25) is 0 Å². The number of hydrogen-bond acceptors (Lipinski definition) is 6. The standard InChI is InChI=1S/C13H13N5OS/c19-7-6-18-13(15-16-17-18)20-9-10-3-4-12-11(8-10)2-1-5-14-12/h1-5,8,19H,6-7,9H2. The summed E-state index contributed by atoms with van der Waals surface area (Å²) < 4.78 is 1.60. The number of nitrogens with zero attached hydrogens (tertiary/aromatic N) is 5. The van der Waals surface area contributed by atoms with Crippen LogP contribution < -0.4 is 0 Å². The molecule has 0 fully saturated rings. The molecule has 0 spiro atoms. The number of hydrogen-bond donors (Lipinski definition) is 1. The summed E-state index contributed by atoms with van der Waals surface area (Å²) in [5, 5.41) is 22.2. The summed E-state index contributed by atoms with van der Waals surface area (Å²) in [6.45, 7) is 0.442. The molecule has 0 atom stereocenters. The molecule has 0 aliphatic heterocycles. The van der Waals surface area contributed by atoms with Crippen LogP contribution in [-0.4, -0.2) is 36.9 Å². The highest BCUT2D eigenvalue weighted by Crippen LogP contribution is 2.22. The molecule has 3 aromatic rings. The quantitative estimate of drug-likeness (QED) is 0.717. The smallest absolute Gasteiger partial charge is 0.209 e. The van der Waals surface area contributed by atoms with Gasteiger partial charge in [-0.3, -0.25) is 4.98 Å². The highest BCUT2D eigenvalue weighted by Gasteiger charge is 2.06. The van der Waals surface area contributed by atoms with Gasteiger partial charge >= 0.3 is 0 Å². The number of pyridine rings is 1. The van der Waals surface area contributed by atoms with Crippen LogP contribution in [0.25, 0.3) is 10.9 Å². The van der Waals surface area contributed by atoms with Gasteiger partial charge in [0.25, 0.3) is 0 Å². The molecule has 2 aromatic heterocycles. The topological polar surface area (TPSA) is 76.7 Å². The van der Waals surface area contributed by atoms with Gasteiger partial charge in [0.05, 0.1) is 18.7 Å². The van der Waals surface area contributed by atoms with E-state index in [-0.39, 0.29) is 6.61 Å². The normalized spacial score (nSPS) is 11.1. The summed E-state index contributed by atoms with van der Waals surface area (Å²) >= 11 is 1.55. The van der Waals surface area contributed by atoms with Gasteiger partial charge < -0.3 is 5.11 Å². The van der Waals surface area contributed by atoms with Gasteiger partial charge in [-0.15, -0.1) is 5.10 Å². The fourth-order valence-electron chi connectivity index (χ4n) is 1.90. The molecule has 3 rings (SSSR count). The molecule has 0 saturated heterocycles. The molecule has 0 aliphatic carbocycles. The van der Waals surface area contributed by atoms with Crippen LogP contribution in [0.3, 0.4) is 0 Å². The second-order valence-electron chi connectivity index (χ2n) is 4.23. The Bertz CT molecular complexity index is 715. The van der Waals surface area contributed by atoms with E-state index < -0.39 is 0 Å². The Morgan fingerprint density at radius 2 is 2.20 bits per heavy atom. The number of thioether (sulfide) groups is 1. The number of benzene rings is 1. The van der Waals surface area contributed by atoms with Crippen molar-refractivity contribution in [2.75, 3.05) is 6.61 Å². The van der Waals surface area contributed by atoms with Gasteiger partial charge in [0.15, 0.2) is 0 Å². The Labute approximate surface area is 119 Å². The predicted octanol–water partition coefficient (Wildman–Crippen LogP) is 1.51. The minimum atomic E-state index is 0.0280. The van der Waals surface area contributed by atoms with E-state index in [0.29, 0.717) is 11.7 Å². The molecule has 0 bridgehead atoms. The van der Waals surface area contributed by atoms with Crippen LogP contribution >= 0.6 is 11.8 Å².